The van der Waals surface area contributed by atoms with Crippen molar-refractivity contribution in [1.82, 2.24) is 10.2 Å². The predicted octanol–water partition coefficient (Wildman–Crippen LogP) is 2.50. The SMILES string of the molecule is Nc1ccc(CCc2ccc(Cl)cc2)nn1. The molecular formula is C12H12ClN3. The largest absolute Gasteiger partial charge is 0.382 e. The van der Waals surface area contributed by atoms with Crippen LogP contribution in [0.25, 0.3) is 0 Å². The van der Waals surface area contributed by atoms with E-state index in [1.807, 2.05) is 30.3 Å². The molecule has 82 valence electrons. The lowest BCUT2D eigenvalue weighted by molar-refractivity contribution is 0.863. The number of aryl methyl sites for hydroxylation is 2. The molecule has 2 aromatic rings. The van der Waals surface area contributed by atoms with Gasteiger partial charge in [-0.2, -0.15) is 5.10 Å². The molecule has 0 radical (unpaired) electrons. The Morgan fingerprint density at radius 1 is 0.938 bits per heavy atom. The summed E-state index contributed by atoms with van der Waals surface area (Å²) in [6, 6.07) is 11.5. The summed E-state index contributed by atoms with van der Waals surface area (Å²) in [5, 5.41) is 8.58. The molecule has 0 fully saturated rings. The van der Waals surface area contributed by atoms with Gasteiger partial charge in [-0.25, -0.2) is 0 Å². The van der Waals surface area contributed by atoms with E-state index in [9.17, 15) is 0 Å². The topological polar surface area (TPSA) is 51.8 Å². The van der Waals surface area contributed by atoms with Crippen LogP contribution in [0.5, 0.6) is 0 Å². The molecule has 0 saturated carbocycles. The molecule has 0 amide bonds. The van der Waals surface area contributed by atoms with Crippen LogP contribution in [-0.2, 0) is 12.8 Å². The van der Waals surface area contributed by atoms with Crippen molar-refractivity contribution < 1.29 is 0 Å². The van der Waals surface area contributed by atoms with Crippen molar-refractivity contribution in [3.63, 3.8) is 0 Å². The molecule has 3 nitrogen and oxygen atoms in total. The fourth-order valence-electron chi connectivity index (χ4n) is 1.43. The van der Waals surface area contributed by atoms with Crippen LogP contribution in [0.4, 0.5) is 5.82 Å². The first-order chi connectivity index (χ1) is 7.74. The zero-order valence-corrected chi connectivity index (χ0v) is 9.48. The molecule has 4 heteroatoms. The minimum atomic E-state index is 0.454. The first-order valence-electron chi connectivity index (χ1n) is 5.06. The average Bonchev–Trinajstić information content (AvgIpc) is 2.30. The summed E-state index contributed by atoms with van der Waals surface area (Å²) in [4.78, 5) is 0. The van der Waals surface area contributed by atoms with Gasteiger partial charge in [-0.05, 0) is 42.7 Å². The van der Waals surface area contributed by atoms with Crippen LogP contribution in [0, 0.1) is 0 Å². The van der Waals surface area contributed by atoms with Crippen LogP contribution in [0.2, 0.25) is 5.02 Å². The average molecular weight is 234 g/mol. The molecule has 1 heterocycles. The number of rotatable bonds is 3. The summed E-state index contributed by atoms with van der Waals surface area (Å²) in [6.45, 7) is 0. The number of halogens is 1. The predicted molar refractivity (Wildman–Crippen MR) is 65.3 cm³/mol. The van der Waals surface area contributed by atoms with Crippen LogP contribution in [-0.4, -0.2) is 10.2 Å². The maximum atomic E-state index is 5.81. The van der Waals surface area contributed by atoms with Crippen molar-refractivity contribution in [3.05, 3.63) is 52.7 Å². The Bertz CT molecular complexity index is 405. The second kappa shape index (κ2) is 4.94. The third-order valence-electron chi connectivity index (χ3n) is 2.32. The Morgan fingerprint density at radius 2 is 1.69 bits per heavy atom. The first-order valence-corrected chi connectivity index (χ1v) is 5.44. The Morgan fingerprint density at radius 3 is 2.31 bits per heavy atom. The van der Waals surface area contributed by atoms with Crippen LogP contribution < -0.4 is 5.73 Å². The van der Waals surface area contributed by atoms with Gasteiger partial charge in [0.15, 0.2) is 0 Å². The molecule has 0 aliphatic rings. The first kappa shape index (κ1) is 10.9. The third kappa shape index (κ3) is 2.94. The van der Waals surface area contributed by atoms with Gasteiger partial charge in [-0.15, -0.1) is 5.10 Å². The summed E-state index contributed by atoms with van der Waals surface area (Å²) in [5.74, 6) is 0.454. The molecule has 1 aromatic heterocycles. The molecule has 1 aromatic carbocycles. The number of benzene rings is 1. The summed E-state index contributed by atoms with van der Waals surface area (Å²) < 4.78 is 0. The van der Waals surface area contributed by atoms with Crippen molar-refractivity contribution in [1.29, 1.82) is 0 Å². The van der Waals surface area contributed by atoms with Crippen LogP contribution in [0.3, 0.4) is 0 Å². The van der Waals surface area contributed by atoms with Gasteiger partial charge < -0.3 is 5.73 Å². The van der Waals surface area contributed by atoms with Crippen molar-refractivity contribution in [3.8, 4) is 0 Å². The normalized spacial score (nSPS) is 10.3. The van der Waals surface area contributed by atoms with Crippen molar-refractivity contribution in [2.45, 2.75) is 12.8 Å². The molecule has 0 spiro atoms. The van der Waals surface area contributed by atoms with E-state index in [-0.39, 0.29) is 0 Å². The highest BCUT2D eigenvalue weighted by Crippen LogP contribution is 2.11. The molecule has 0 bridgehead atoms. The van der Waals surface area contributed by atoms with Gasteiger partial charge in [0.2, 0.25) is 0 Å². The zero-order valence-electron chi connectivity index (χ0n) is 8.73. The molecule has 16 heavy (non-hydrogen) atoms. The smallest absolute Gasteiger partial charge is 0.146 e. The maximum Gasteiger partial charge on any atom is 0.146 e. The fraction of sp³-hybridized carbons (Fsp3) is 0.167. The maximum absolute atomic E-state index is 5.81. The quantitative estimate of drug-likeness (QED) is 0.886. The number of hydrogen-bond donors (Lipinski definition) is 1. The summed E-state index contributed by atoms with van der Waals surface area (Å²) in [6.07, 6.45) is 1.78. The van der Waals surface area contributed by atoms with Crippen molar-refractivity contribution in [2.75, 3.05) is 5.73 Å². The standard InChI is InChI=1S/C12H12ClN3/c13-10-4-1-9(2-5-10)3-6-11-7-8-12(14)16-15-11/h1-2,4-5,7-8H,3,6H2,(H2,14,16). The number of aromatic nitrogens is 2. The molecule has 0 aliphatic heterocycles. The number of nitrogen functional groups attached to an aromatic ring is 1. The van der Waals surface area contributed by atoms with E-state index in [1.54, 1.807) is 6.07 Å². The molecule has 0 saturated heterocycles. The molecule has 0 atom stereocenters. The second-order valence-corrected chi connectivity index (χ2v) is 4.01. The molecule has 2 rings (SSSR count). The van der Waals surface area contributed by atoms with Crippen molar-refractivity contribution in [2.24, 2.45) is 0 Å². The van der Waals surface area contributed by atoms with E-state index in [2.05, 4.69) is 10.2 Å². The number of nitrogens with zero attached hydrogens (tertiary/aromatic N) is 2. The van der Waals surface area contributed by atoms with Gasteiger partial charge in [-0.1, -0.05) is 23.7 Å². The minimum Gasteiger partial charge on any atom is -0.382 e. The number of anilines is 1. The Hall–Kier alpha value is -1.61. The second-order valence-electron chi connectivity index (χ2n) is 3.58. The van der Waals surface area contributed by atoms with Crippen LogP contribution >= 0.6 is 11.6 Å². The molecule has 0 aliphatic carbocycles. The minimum absolute atomic E-state index is 0.454. The Labute approximate surface area is 99.3 Å². The van der Waals surface area contributed by atoms with Crippen molar-refractivity contribution >= 4 is 17.4 Å². The van der Waals surface area contributed by atoms with Gasteiger partial charge in [0.1, 0.15) is 5.82 Å². The lowest BCUT2D eigenvalue weighted by atomic mass is 10.1. The Kier molecular flexibility index (Phi) is 3.37. The number of hydrogen-bond acceptors (Lipinski definition) is 3. The molecule has 0 unspecified atom stereocenters. The Balaban J connectivity index is 1.97. The lowest BCUT2D eigenvalue weighted by Crippen LogP contribution is -1.98. The highest BCUT2D eigenvalue weighted by molar-refractivity contribution is 6.30. The van der Waals surface area contributed by atoms with Gasteiger partial charge in [-0.3, -0.25) is 0 Å². The highest BCUT2D eigenvalue weighted by atomic mass is 35.5. The monoisotopic (exact) mass is 233 g/mol. The summed E-state index contributed by atoms with van der Waals surface area (Å²) >= 11 is 5.81. The summed E-state index contributed by atoms with van der Waals surface area (Å²) in [7, 11) is 0. The van der Waals surface area contributed by atoms with Crippen LogP contribution in [0.1, 0.15) is 11.3 Å². The number of nitrogens with two attached hydrogens (primary N) is 1. The zero-order chi connectivity index (χ0) is 11.4. The highest BCUT2D eigenvalue weighted by Gasteiger charge is 1.98. The fourth-order valence-corrected chi connectivity index (χ4v) is 1.55. The van der Waals surface area contributed by atoms with E-state index >= 15 is 0 Å². The lowest BCUT2D eigenvalue weighted by Gasteiger charge is -2.01. The van der Waals surface area contributed by atoms with Gasteiger partial charge in [0, 0.05) is 5.02 Å². The van der Waals surface area contributed by atoms with Crippen LogP contribution in [0.15, 0.2) is 36.4 Å². The molecular weight excluding hydrogens is 222 g/mol. The van der Waals surface area contributed by atoms with E-state index in [4.69, 9.17) is 17.3 Å². The van der Waals surface area contributed by atoms with E-state index in [0.717, 1.165) is 23.6 Å². The van der Waals surface area contributed by atoms with E-state index in [1.165, 1.54) is 5.56 Å². The van der Waals surface area contributed by atoms with Gasteiger partial charge in [0.25, 0.3) is 0 Å². The third-order valence-corrected chi connectivity index (χ3v) is 2.58. The molecule has 2 N–H and O–H groups in total. The van der Waals surface area contributed by atoms with Gasteiger partial charge in [0.05, 0.1) is 5.69 Å². The van der Waals surface area contributed by atoms with E-state index < -0.39 is 0 Å². The van der Waals surface area contributed by atoms with Gasteiger partial charge >= 0.3 is 0 Å². The van der Waals surface area contributed by atoms with E-state index in [0.29, 0.717) is 5.82 Å². The summed E-state index contributed by atoms with van der Waals surface area (Å²) in [5.41, 5.74) is 7.65.